The maximum atomic E-state index is 11.9. The van der Waals surface area contributed by atoms with Crippen molar-refractivity contribution in [2.45, 2.75) is 38.8 Å². The molecule has 2 N–H and O–H groups in total. The standard InChI is InChI=1S/C11H21N3O2/c1-9(2)14(7-4-6-12)11(15)10(13)5-8-16-3/h9-10H,4-5,7-8,13H2,1-3H3. The largest absolute Gasteiger partial charge is 0.385 e. The van der Waals surface area contributed by atoms with Crippen LogP contribution in [-0.4, -0.2) is 43.2 Å². The van der Waals surface area contributed by atoms with Gasteiger partial charge in [0.05, 0.1) is 18.5 Å². The molecule has 0 saturated heterocycles. The fourth-order valence-corrected chi connectivity index (χ4v) is 1.37. The predicted octanol–water partition coefficient (Wildman–Crippen LogP) is 0.501. The van der Waals surface area contributed by atoms with Crippen LogP contribution >= 0.6 is 0 Å². The predicted molar refractivity (Wildman–Crippen MR) is 61.5 cm³/mol. The average molecular weight is 227 g/mol. The Morgan fingerprint density at radius 2 is 2.19 bits per heavy atom. The van der Waals surface area contributed by atoms with Gasteiger partial charge in [-0.25, -0.2) is 0 Å². The number of amides is 1. The van der Waals surface area contributed by atoms with Crippen molar-refractivity contribution in [3.8, 4) is 6.07 Å². The first-order valence-corrected chi connectivity index (χ1v) is 5.46. The number of ether oxygens (including phenoxy) is 1. The van der Waals surface area contributed by atoms with Gasteiger partial charge in [-0.05, 0) is 20.3 Å². The number of rotatable bonds is 7. The van der Waals surface area contributed by atoms with Gasteiger partial charge in [0.2, 0.25) is 5.91 Å². The second-order valence-corrected chi connectivity index (χ2v) is 3.92. The van der Waals surface area contributed by atoms with Crippen LogP contribution in [0.15, 0.2) is 0 Å². The Balaban J connectivity index is 4.31. The molecular formula is C11H21N3O2. The number of hydrogen-bond donors (Lipinski definition) is 1. The van der Waals surface area contributed by atoms with Crippen molar-refractivity contribution in [2.24, 2.45) is 5.73 Å². The Labute approximate surface area is 97.2 Å². The molecule has 0 radical (unpaired) electrons. The van der Waals surface area contributed by atoms with E-state index in [4.69, 9.17) is 15.7 Å². The maximum absolute atomic E-state index is 11.9. The van der Waals surface area contributed by atoms with Crippen molar-refractivity contribution in [1.82, 2.24) is 4.90 Å². The summed E-state index contributed by atoms with van der Waals surface area (Å²) >= 11 is 0. The average Bonchev–Trinajstić information content (AvgIpc) is 2.25. The Kier molecular flexibility index (Phi) is 7.52. The molecule has 1 amide bonds. The molecule has 0 aliphatic carbocycles. The summed E-state index contributed by atoms with van der Waals surface area (Å²) in [5.74, 6) is -0.109. The van der Waals surface area contributed by atoms with Gasteiger partial charge in [-0.15, -0.1) is 0 Å². The minimum atomic E-state index is -0.541. The van der Waals surface area contributed by atoms with E-state index in [0.717, 1.165) is 0 Å². The summed E-state index contributed by atoms with van der Waals surface area (Å²) in [6.07, 6.45) is 0.839. The van der Waals surface area contributed by atoms with E-state index in [0.29, 0.717) is 26.0 Å². The van der Waals surface area contributed by atoms with Gasteiger partial charge in [0.15, 0.2) is 0 Å². The van der Waals surface area contributed by atoms with Gasteiger partial charge >= 0.3 is 0 Å². The minimum Gasteiger partial charge on any atom is -0.385 e. The van der Waals surface area contributed by atoms with E-state index in [-0.39, 0.29) is 11.9 Å². The molecule has 5 heteroatoms. The van der Waals surface area contributed by atoms with Crippen LogP contribution in [0, 0.1) is 11.3 Å². The second-order valence-electron chi connectivity index (χ2n) is 3.92. The third-order valence-electron chi connectivity index (χ3n) is 2.32. The molecule has 0 spiro atoms. The maximum Gasteiger partial charge on any atom is 0.239 e. The Morgan fingerprint density at radius 3 is 2.62 bits per heavy atom. The molecule has 0 fully saturated rings. The molecule has 92 valence electrons. The highest BCUT2D eigenvalue weighted by atomic mass is 16.5. The molecule has 1 atom stereocenters. The van der Waals surface area contributed by atoms with Crippen molar-refractivity contribution in [2.75, 3.05) is 20.3 Å². The summed E-state index contributed by atoms with van der Waals surface area (Å²) in [7, 11) is 1.58. The van der Waals surface area contributed by atoms with Crippen molar-refractivity contribution in [3.05, 3.63) is 0 Å². The Morgan fingerprint density at radius 1 is 1.56 bits per heavy atom. The molecule has 0 saturated carbocycles. The molecule has 0 heterocycles. The number of carbonyl (C=O) groups is 1. The lowest BCUT2D eigenvalue weighted by Gasteiger charge is -2.28. The Hall–Kier alpha value is -1.12. The lowest BCUT2D eigenvalue weighted by Crippen LogP contribution is -2.47. The van der Waals surface area contributed by atoms with Crippen LogP contribution in [0.4, 0.5) is 0 Å². The van der Waals surface area contributed by atoms with Crippen LogP contribution in [0.1, 0.15) is 26.7 Å². The van der Waals surface area contributed by atoms with Gasteiger partial charge in [0.1, 0.15) is 0 Å². The van der Waals surface area contributed by atoms with Crippen LogP contribution in [0.2, 0.25) is 0 Å². The zero-order chi connectivity index (χ0) is 12.6. The number of carbonyl (C=O) groups excluding carboxylic acids is 1. The van der Waals surface area contributed by atoms with Gasteiger partial charge in [-0.1, -0.05) is 0 Å². The molecule has 5 nitrogen and oxygen atoms in total. The van der Waals surface area contributed by atoms with Crippen LogP contribution in [-0.2, 0) is 9.53 Å². The molecular weight excluding hydrogens is 206 g/mol. The SMILES string of the molecule is COCCC(N)C(=O)N(CCC#N)C(C)C. The molecule has 0 bridgehead atoms. The summed E-state index contributed by atoms with van der Waals surface area (Å²) < 4.78 is 4.88. The van der Waals surface area contributed by atoms with Crippen LogP contribution in [0.3, 0.4) is 0 Å². The van der Waals surface area contributed by atoms with Gasteiger partial charge in [-0.3, -0.25) is 4.79 Å². The highest BCUT2D eigenvalue weighted by Gasteiger charge is 2.22. The van der Waals surface area contributed by atoms with Crippen molar-refractivity contribution >= 4 is 5.91 Å². The molecule has 0 aromatic heterocycles. The highest BCUT2D eigenvalue weighted by Crippen LogP contribution is 2.04. The Bertz CT molecular complexity index is 248. The molecule has 0 aliphatic rings. The van der Waals surface area contributed by atoms with Gasteiger partial charge < -0.3 is 15.4 Å². The molecule has 0 rings (SSSR count). The second kappa shape index (κ2) is 8.08. The van der Waals surface area contributed by atoms with Gasteiger partial charge in [-0.2, -0.15) is 5.26 Å². The molecule has 16 heavy (non-hydrogen) atoms. The van der Waals surface area contributed by atoms with Gasteiger partial charge in [0, 0.05) is 26.3 Å². The zero-order valence-electron chi connectivity index (χ0n) is 10.3. The van der Waals surface area contributed by atoms with Gasteiger partial charge in [0.25, 0.3) is 0 Å². The normalized spacial score (nSPS) is 12.2. The first kappa shape index (κ1) is 14.9. The summed E-state index contributed by atoms with van der Waals surface area (Å²) in [5.41, 5.74) is 5.76. The molecule has 1 unspecified atom stereocenters. The number of nitrogens with two attached hydrogens (primary N) is 1. The summed E-state index contributed by atoms with van der Waals surface area (Å²) in [5, 5.41) is 8.52. The lowest BCUT2D eigenvalue weighted by atomic mass is 10.1. The first-order valence-electron chi connectivity index (χ1n) is 5.46. The minimum absolute atomic E-state index is 0.0643. The summed E-state index contributed by atoms with van der Waals surface area (Å²) in [6, 6.07) is 1.55. The van der Waals surface area contributed by atoms with E-state index in [9.17, 15) is 4.79 Å². The molecule has 0 aromatic rings. The van der Waals surface area contributed by atoms with E-state index in [1.807, 2.05) is 19.9 Å². The molecule has 0 aromatic carbocycles. The fraction of sp³-hybridized carbons (Fsp3) is 0.818. The summed E-state index contributed by atoms with van der Waals surface area (Å²) in [4.78, 5) is 13.6. The first-order chi connectivity index (χ1) is 7.54. The third-order valence-corrected chi connectivity index (χ3v) is 2.32. The van der Waals surface area contributed by atoms with Crippen LogP contribution in [0.25, 0.3) is 0 Å². The van der Waals surface area contributed by atoms with E-state index in [1.165, 1.54) is 0 Å². The van der Waals surface area contributed by atoms with E-state index in [1.54, 1.807) is 12.0 Å². The van der Waals surface area contributed by atoms with E-state index < -0.39 is 6.04 Å². The number of hydrogen-bond acceptors (Lipinski definition) is 4. The smallest absolute Gasteiger partial charge is 0.239 e. The molecule has 0 aliphatic heterocycles. The lowest BCUT2D eigenvalue weighted by molar-refractivity contribution is -0.134. The van der Waals surface area contributed by atoms with E-state index in [2.05, 4.69) is 0 Å². The zero-order valence-corrected chi connectivity index (χ0v) is 10.3. The monoisotopic (exact) mass is 227 g/mol. The summed E-state index contributed by atoms with van der Waals surface area (Å²) in [6.45, 7) is 4.74. The van der Waals surface area contributed by atoms with Crippen molar-refractivity contribution < 1.29 is 9.53 Å². The number of methoxy groups -OCH3 is 1. The topological polar surface area (TPSA) is 79.3 Å². The van der Waals surface area contributed by atoms with Crippen molar-refractivity contribution in [1.29, 1.82) is 5.26 Å². The van der Waals surface area contributed by atoms with Crippen LogP contribution in [0.5, 0.6) is 0 Å². The number of nitriles is 1. The van der Waals surface area contributed by atoms with E-state index >= 15 is 0 Å². The fourth-order valence-electron chi connectivity index (χ4n) is 1.37. The van der Waals surface area contributed by atoms with Crippen LogP contribution < -0.4 is 5.73 Å². The number of nitrogens with zero attached hydrogens (tertiary/aromatic N) is 2. The quantitative estimate of drug-likeness (QED) is 0.687. The van der Waals surface area contributed by atoms with Crippen molar-refractivity contribution in [3.63, 3.8) is 0 Å². The highest BCUT2D eigenvalue weighted by molar-refractivity contribution is 5.81. The third kappa shape index (κ3) is 5.10.